The van der Waals surface area contributed by atoms with Crippen LogP contribution in [0.1, 0.15) is 12.8 Å². The molecule has 18 heavy (non-hydrogen) atoms. The van der Waals surface area contributed by atoms with E-state index in [2.05, 4.69) is 17.3 Å². The molecule has 1 fully saturated rings. The van der Waals surface area contributed by atoms with Gasteiger partial charge in [-0.15, -0.1) is 11.8 Å². The number of likely N-dealkylation sites (N-methyl/N-ethyl adjacent to an activating group) is 1. The van der Waals surface area contributed by atoms with Crippen molar-refractivity contribution >= 4 is 11.8 Å². The Kier molecular flexibility index (Phi) is 5.47. The van der Waals surface area contributed by atoms with Crippen LogP contribution in [-0.2, 0) is 0 Å². The molecule has 100 valence electrons. The molecule has 1 atom stereocenters. The van der Waals surface area contributed by atoms with Crippen LogP contribution in [0.3, 0.4) is 0 Å². The molecule has 0 saturated carbocycles. The van der Waals surface area contributed by atoms with Crippen molar-refractivity contribution in [2.24, 2.45) is 0 Å². The van der Waals surface area contributed by atoms with Gasteiger partial charge in [-0.05, 0) is 38.6 Å². The smallest absolute Gasteiger partial charge is 0.136 e. The first kappa shape index (κ1) is 13.8. The minimum absolute atomic E-state index is 0.107. The van der Waals surface area contributed by atoms with E-state index in [4.69, 9.17) is 0 Å². The molecule has 0 aromatic heterocycles. The molecule has 0 bridgehead atoms. The van der Waals surface area contributed by atoms with Crippen LogP contribution in [0.2, 0.25) is 0 Å². The van der Waals surface area contributed by atoms with Crippen LogP contribution in [0.4, 0.5) is 4.39 Å². The zero-order valence-electron chi connectivity index (χ0n) is 10.9. The van der Waals surface area contributed by atoms with E-state index in [9.17, 15) is 4.39 Å². The first-order valence-electron chi connectivity index (χ1n) is 6.55. The largest absolute Gasteiger partial charge is 0.315 e. The van der Waals surface area contributed by atoms with Gasteiger partial charge in [0.1, 0.15) is 5.82 Å². The van der Waals surface area contributed by atoms with E-state index in [1.165, 1.54) is 18.9 Å². The maximum absolute atomic E-state index is 13.4. The summed E-state index contributed by atoms with van der Waals surface area (Å²) in [7, 11) is 2.17. The highest BCUT2D eigenvalue weighted by molar-refractivity contribution is 7.99. The van der Waals surface area contributed by atoms with Crippen LogP contribution >= 0.6 is 11.8 Å². The number of hydrogen-bond donors (Lipinski definition) is 1. The lowest BCUT2D eigenvalue weighted by Gasteiger charge is -2.31. The van der Waals surface area contributed by atoms with E-state index in [-0.39, 0.29) is 5.82 Å². The number of nitrogens with zero attached hydrogens (tertiary/aromatic N) is 1. The minimum Gasteiger partial charge on any atom is -0.315 e. The van der Waals surface area contributed by atoms with Crippen molar-refractivity contribution in [3.63, 3.8) is 0 Å². The van der Waals surface area contributed by atoms with Crippen LogP contribution < -0.4 is 5.32 Å². The summed E-state index contributed by atoms with van der Waals surface area (Å²) in [5.41, 5.74) is 0. The third-order valence-electron chi connectivity index (χ3n) is 3.43. The number of rotatable bonds is 5. The average molecular weight is 268 g/mol. The lowest BCUT2D eigenvalue weighted by molar-refractivity contribution is 0.214. The summed E-state index contributed by atoms with van der Waals surface area (Å²) in [5, 5.41) is 3.42. The summed E-state index contributed by atoms with van der Waals surface area (Å²) in [4.78, 5) is 3.15. The number of hydrogen-bond acceptors (Lipinski definition) is 3. The van der Waals surface area contributed by atoms with Crippen molar-refractivity contribution in [1.82, 2.24) is 10.2 Å². The van der Waals surface area contributed by atoms with Gasteiger partial charge in [0.05, 0.1) is 0 Å². The molecule has 1 N–H and O–H groups in total. The van der Waals surface area contributed by atoms with Crippen molar-refractivity contribution < 1.29 is 4.39 Å². The third kappa shape index (κ3) is 3.97. The van der Waals surface area contributed by atoms with Crippen molar-refractivity contribution in [3.8, 4) is 0 Å². The van der Waals surface area contributed by atoms with Gasteiger partial charge < -0.3 is 10.2 Å². The lowest BCUT2D eigenvalue weighted by atomic mass is 10.1. The first-order valence-corrected chi connectivity index (χ1v) is 7.54. The summed E-state index contributed by atoms with van der Waals surface area (Å²) >= 11 is 1.60. The average Bonchev–Trinajstić information content (AvgIpc) is 2.42. The van der Waals surface area contributed by atoms with Gasteiger partial charge in [0, 0.05) is 29.8 Å². The second-order valence-corrected chi connectivity index (χ2v) is 5.90. The maximum Gasteiger partial charge on any atom is 0.136 e. The van der Waals surface area contributed by atoms with Crippen LogP contribution in [-0.4, -0.2) is 43.4 Å². The zero-order valence-corrected chi connectivity index (χ0v) is 11.7. The number of piperidine rings is 1. The van der Waals surface area contributed by atoms with Crippen molar-refractivity contribution in [2.75, 3.05) is 32.4 Å². The quantitative estimate of drug-likeness (QED) is 0.826. The van der Waals surface area contributed by atoms with Gasteiger partial charge in [-0.2, -0.15) is 0 Å². The molecule has 1 unspecified atom stereocenters. The Morgan fingerprint density at radius 2 is 2.28 bits per heavy atom. The van der Waals surface area contributed by atoms with Crippen molar-refractivity contribution in [2.45, 2.75) is 23.8 Å². The molecule has 0 spiro atoms. The van der Waals surface area contributed by atoms with Crippen molar-refractivity contribution in [3.05, 3.63) is 30.1 Å². The molecule has 0 radical (unpaired) electrons. The highest BCUT2D eigenvalue weighted by atomic mass is 32.2. The maximum atomic E-state index is 13.4. The summed E-state index contributed by atoms with van der Waals surface area (Å²) in [6, 6.07) is 7.64. The number of halogens is 1. The minimum atomic E-state index is -0.107. The zero-order chi connectivity index (χ0) is 12.8. The van der Waals surface area contributed by atoms with E-state index < -0.39 is 0 Å². The Balaban J connectivity index is 1.73. The van der Waals surface area contributed by atoms with E-state index in [1.807, 2.05) is 12.1 Å². The molecule has 4 heteroatoms. The van der Waals surface area contributed by atoms with Gasteiger partial charge in [0.15, 0.2) is 0 Å². The second-order valence-electron chi connectivity index (χ2n) is 4.76. The predicted molar refractivity (Wildman–Crippen MR) is 75.6 cm³/mol. The Hall–Kier alpha value is -0.580. The Labute approximate surface area is 113 Å². The molecule has 0 aliphatic carbocycles. The van der Waals surface area contributed by atoms with Crippen molar-refractivity contribution in [1.29, 1.82) is 0 Å². The molecule has 2 rings (SSSR count). The van der Waals surface area contributed by atoms with Gasteiger partial charge in [0.2, 0.25) is 0 Å². The monoisotopic (exact) mass is 268 g/mol. The molecule has 2 nitrogen and oxygen atoms in total. The molecule has 0 amide bonds. The molecule has 1 aliphatic rings. The summed E-state index contributed by atoms with van der Waals surface area (Å²) < 4.78 is 13.4. The predicted octanol–water partition coefficient (Wildman–Crippen LogP) is 2.60. The molecule has 1 aromatic rings. The van der Waals surface area contributed by atoms with E-state index in [0.29, 0.717) is 6.04 Å². The lowest BCUT2D eigenvalue weighted by Crippen LogP contribution is -2.44. The first-order chi connectivity index (χ1) is 8.77. The van der Waals surface area contributed by atoms with E-state index >= 15 is 0 Å². The Morgan fingerprint density at radius 3 is 3.00 bits per heavy atom. The molecular weight excluding hydrogens is 247 g/mol. The van der Waals surface area contributed by atoms with Gasteiger partial charge >= 0.3 is 0 Å². The van der Waals surface area contributed by atoms with E-state index in [1.54, 1.807) is 17.8 Å². The molecule has 1 heterocycles. The summed E-state index contributed by atoms with van der Waals surface area (Å²) in [5.74, 6) is 0.831. The molecule has 1 aliphatic heterocycles. The highest BCUT2D eigenvalue weighted by Crippen LogP contribution is 2.21. The number of thioether (sulfide) groups is 1. The van der Waals surface area contributed by atoms with E-state index in [0.717, 1.165) is 30.3 Å². The van der Waals surface area contributed by atoms with Gasteiger partial charge in [0.25, 0.3) is 0 Å². The Morgan fingerprint density at radius 1 is 1.44 bits per heavy atom. The summed E-state index contributed by atoms with van der Waals surface area (Å²) in [6.07, 6.45) is 2.53. The number of benzene rings is 1. The fourth-order valence-corrected chi connectivity index (χ4v) is 3.23. The van der Waals surface area contributed by atoms with Crippen LogP contribution in [0.15, 0.2) is 29.2 Å². The van der Waals surface area contributed by atoms with Gasteiger partial charge in [-0.25, -0.2) is 4.39 Å². The normalized spacial score (nSPS) is 20.3. The Bertz CT molecular complexity index is 367. The van der Waals surface area contributed by atoms with Crippen LogP contribution in [0.5, 0.6) is 0 Å². The molecule has 1 saturated heterocycles. The molecule has 1 aromatic carbocycles. The van der Waals surface area contributed by atoms with Gasteiger partial charge in [-0.3, -0.25) is 0 Å². The number of nitrogens with one attached hydrogen (secondary N) is 1. The topological polar surface area (TPSA) is 15.3 Å². The summed E-state index contributed by atoms with van der Waals surface area (Å²) in [6.45, 7) is 3.24. The SMILES string of the molecule is CN(CCSc1ccccc1F)C1CCCNC1. The fourth-order valence-electron chi connectivity index (χ4n) is 2.25. The highest BCUT2D eigenvalue weighted by Gasteiger charge is 2.17. The fraction of sp³-hybridized carbons (Fsp3) is 0.571. The third-order valence-corrected chi connectivity index (χ3v) is 4.46. The second kappa shape index (κ2) is 7.12. The standard InChI is InChI=1S/C14H21FN2S/c1-17(12-5-4-8-16-11-12)9-10-18-14-7-3-2-6-13(14)15/h2-3,6-7,12,16H,4-5,8-11H2,1H3. The van der Waals surface area contributed by atoms with Gasteiger partial charge in [-0.1, -0.05) is 12.1 Å². The van der Waals surface area contributed by atoms with Crippen LogP contribution in [0.25, 0.3) is 0 Å². The molecular formula is C14H21FN2S. The van der Waals surface area contributed by atoms with Crippen LogP contribution in [0, 0.1) is 5.82 Å².